The molecule has 0 saturated heterocycles. The van der Waals surface area contributed by atoms with E-state index < -0.39 is 6.09 Å². The summed E-state index contributed by atoms with van der Waals surface area (Å²) in [5.41, 5.74) is 0. The van der Waals surface area contributed by atoms with Crippen LogP contribution >= 0.6 is 0 Å². The van der Waals surface area contributed by atoms with E-state index in [0.29, 0.717) is 0 Å². The smallest absolute Gasteiger partial charge is 0.573 e. The fraction of sp³-hybridized carbons (Fsp3) is 0.571. The number of amides is 1. The Bertz CT molecular complexity index is 458. The molecule has 0 bridgehead atoms. The van der Waals surface area contributed by atoms with Crippen LogP contribution < -0.4 is 33.1 Å². The third kappa shape index (κ3) is 4.83. The van der Waals surface area contributed by atoms with E-state index >= 15 is 0 Å². The topological polar surface area (TPSA) is 60.9 Å². The fourth-order valence-electron chi connectivity index (χ4n) is 1.93. The zero-order valence-electron chi connectivity index (χ0n) is 13.8. The molecule has 6 nitrogen and oxygen atoms in total. The van der Waals surface area contributed by atoms with Gasteiger partial charge in [0.1, 0.15) is 0 Å². The van der Waals surface area contributed by atoms with Crippen molar-refractivity contribution in [1.29, 1.82) is 0 Å². The predicted octanol–water partition coefficient (Wildman–Crippen LogP) is -0.479. The zero-order valence-corrected chi connectivity index (χ0v) is 13.8. The van der Waals surface area contributed by atoms with Crippen molar-refractivity contribution in [2.24, 2.45) is 0 Å². The summed E-state index contributed by atoms with van der Waals surface area (Å²) < 4.78 is 15.6. The van der Waals surface area contributed by atoms with E-state index in [-0.39, 0.29) is 48.3 Å². The summed E-state index contributed by atoms with van der Waals surface area (Å²) in [7, 11) is 2.92. The minimum atomic E-state index is -0.460. The number of nitrogens with zero attached hydrogens (tertiary/aromatic N) is 2. The van der Waals surface area contributed by atoms with Crippen LogP contribution in [0.1, 0.15) is 27.7 Å². The first-order valence-corrected chi connectivity index (χ1v) is 6.41. The van der Waals surface area contributed by atoms with Crippen molar-refractivity contribution in [3.8, 4) is 17.4 Å². The number of carbonyl (C=O) groups excluding carboxylic acids is 1. The maximum atomic E-state index is 12.2. The van der Waals surface area contributed by atoms with Gasteiger partial charge in [0.15, 0.2) is 5.88 Å². The van der Waals surface area contributed by atoms with Gasteiger partial charge in [0.25, 0.3) is 0 Å². The van der Waals surface area contributed by atoms with Crippen molar-refractivity contribution >= 4 is 6.09 Å². The van der Waals surface area contributed by atoms with Crippen molar-refractivity contribution < 1.29 is 37.9 Å². The molecule has 1 aromatic heterocycles. The largest absolute Gasteiger partial charge is 1.00 e. The molecule has 21 heavy (non-hydrogen) atoms. The van der Waals surface area contributed by atoms with E-state index in [0.717, 1.165) is 0 Å². The number of ether oxygens (including phenoxy) is 3. The number of hydrogen-bond acceptors (Lipinski definition) is 5. The molecule has 0 unspecified atom stereocenters. The second-order valence-electron chi connectivity index (χ2n) is 4.74. The van der Waals surface area contributed by atoms with Gasteiger partial charge in [0, 0.05) is 17.8 Å². The first-order valence-electron chi connectivity index (χ1n) is 6.41. The SMILES string of the molecule is COc1nc[c-]c(OC(=O)N(C(C)C)C(C)C)c1OC.[Li+]. The number of carbonyl (C=O) groups is 1. The van der Waals surface area contributed by atoms with Crippen LogP contribution in [0, 0.1) is 6.07 Å². The minimum Gasteiger partial charge on any atom is -0.573 e. The van der Waals surface area contributed by atoms with Gasteiger partial charge in [-0.05, 0) is 27.7 Å². The molecular weight excluding hydrogens is 267 g/mol. The second-order valence-corrected chi connectivity index (χ2v) is 4.74. The molecule has 0 aromatic carbocycles. The molecule has 112 valence electrons. The molecule has 1 rings (SSSR count). The van der Waals surface area contributed by atoms with Crippen molar-refractivity contribution in [3.05, 3.63) is 12.3 Å². The second kappa shape index (κ2) is 8.81. The van der Waals surface area contributed by atoms with Crippen LogP contribution in [0.3, 0.4) is 0 Å². The molecule has 0 fully saturated rings. The van der Waals surface area contributed by atoms with Crippen LogP contribution in [0.2, 0.25) is 0 Å². The van der Waals surface area contributed by atoms with Crippen molar-refractivity contribution in [1.82, 2.24) is 9.88 Å². The molecular formula is C14H21LiN2O4. The minimum absolute atomic E-state index is 0. The Kier molecular flexibility index (Phi) is 8.23. The normalized spacial score (nSPS) is 10.1. The van der Waals surface area contributed by atoms with E-state index in [9.17, 15) is 4.79 Å². The summed E-state index contributed by atoms with van der Waals surface area (Å²) in [6, 6.07) is 2.79. The van der Waals surface area contributed by atoms with Crippen molar-refractivity contribution in [2.75, 3.05) is 14.2 Å². The predicted molar refractivity (Wildman–Crippen MR) is 74.3 cm³/mol. The standard InChI is InChI=1S/C14H21N2O4.Li/c1-9(2)16(10(3)4)14(17)20-11-7-8-15-13(19-6)12(11)18-5;/h8-10H,1-6H3;/q-1;+1. The molecule has 7 heteroatoms. The summed E-state index contributed by atoms with van der Waals surface area (Å²) in [5.74, 6) is 0.654. The fourth-order valence-corrected chi connectivity index (χ4v) is 1.93. The average molecular weight is 288 g/mol. The number of hydrogen-bond donors (Lipinski definition) is 0. The third-order valence-electron chi connectivity index (χ3n) is 2.69. The van der Waals surface area contributed by atoms with Crippen LogP contribution in [-0.2, 0) is 0 Å². The Labute approximate surface area is 137 Å². The maximum absolute atomic E-state index is 12.2. The molecule has 0 spiro atoms. The molecule has 0 aliphatic carbocycles. The molecule has 0 saturated carbocycles. The average Bonchev–Trinajstić information content (AvgIpc) is 2.37. The van der Waals surface area contributed by atoms with Gasteiger partial charge in [-0.1, -0.05) is 6.20 Å². The monoisotopic (exact) mass is 288 g/mol. The van der Waals surface area contributed by atoms with Crippen molar-refractivity contribution in [2.45, 2.75) is 39.8 Å². The summed E-state index contributed by atoms with van der Waals surface area (Å²) in [6.07, 6.45) is 0.914. The Morgan fingerprint density at radius 1 is 1.19 bits per heavy atom. The Hall–Kier alpha value is -1.38. The van der Waals surface area contributed by atoms with Crippen LogP contribution in [0.15, 0.2) is 6.20 Å². The van der Waals surface area contributed by atoms with Gasteiger partial charge in [0.05, 0.1) is 20.0 Å². The number of aromatic nitrogens is 1. The van der Waals surface area contributed by atoms with Crippen LogP contribution in [0.5, 0.6) is 17.4 Å². The quantitative estimate of drug-likeness (QED) is 0.541. The molecule has 0 atom stereocenters. The number of rotatable bonds is 5. The molecule has 0 aliphatic rings. The molecule has 1 aromatic rings. The molecule has 0 aliphatic heterocycles. The molecule has 1 heterocycles. The Balaban J connectivity index is 0.00000400. The van der Waals surface area contributed by atoms with Crippen LogP contribution in [-0.4, -0.2) is 42.3 Å². The van der Waals surface area contributed by atoms with E-state index in [1.54, 1.807) is 4.90 Å². The van der Waals surface area contributed by atoms with Crippen molar-refractivity contribution in [3.63, 3.8) is 0 Å². The summed E-state index contributed by atoms with van der Waals surface area (Å²) in [4.78, 5) is 17.8. The first kappa shape index (κ1) is 19.6. The van der Waals surface area contributed by atoms with Gasteiger partial charge in [-0.3, -0.25) is 4.98 Å². The van der Waals surface area contributed by atoms with E-state index in [1.807, 2.05) is 27.7 Å². The summed E-state index contributed by atoms with van der Waals surface area (Å²) in [6.45, 7) is 7.70. The van der Waals surface area contributed by atoms with E-state index in [4.69, 9.17) is 14.2 Å². The number of pyridine rings is 1. The summed E-state index contributed by atoms with van der Waals surface area (Å²) in [5, 5.41) is 0. The first-order chi connectivity index (χ1) is 9.42. The van der Waals surface area contributed by atoms with Gasteiger partial charge >= 0.3 is 25.0 Å². The molecule has 0 N–H and O–H groups in total. The van der Waals surface area contributed by atoms with Gasteiger partial charge in [0.2, 0.25) is 0 Å². The van der Waals surface area contributed by atoms with Gasteiger partial charge in [-0.15, -0.1) is 0 Å². The van der Waals surface area contributed by atoms with Crippen LogP contribution in [0.25, 0.3) is 0 Å². The third-order valence-corrected chi connectivity index (χ3v) is 2.69. The Morgan fingerprint density at radius 3 is 2.19 bits per heavy atom. The summed E-state index contributed by atoms with van der Waals surface area (Å²) >= 11 is 0. The van der Waals surface area contributed by atoms with E-state index in [1.165, 1.54) is 20.4 Å². The molecule has 1 amide bonds. The Morgan fingerprint density at radius 2 is 1.76 bits per heavy atom. The molecule has 0 radical (unpaired) electrons. The van der Waals surface area contributed by atoms with Gasteiger partial charge in [-0.2, -0.15) is 6.07 Å². The van der Waals surface area contributed by atoms with Gasteiger partial charge in [-0.25, -0.2) is 4.79 Å². The number of methoxy groups -OCH3 is 2. The van der Waals surface area contributed by atoms with Crippen LogP contribution in [0.4, 0.5) is 4.79 Å². The van der Waals surface area contributed by atoms with E-state index in [2.05, 4.69) is 11.1 Å². The zero-order chi connectivity index (χ0) is 15.3. The maximum Gasteiger partial charge on any atom is 1.00 e. The van der Waals surface area contributed by atoms with Gasteiger partial charge < -0.3 is 19.1 Å².